The van der Waals surface area contributed by atoms with Gasteiger partial charge in [0.15, 0.2) is 11.5 Å². The Balaban J connectivity index is 1.50. The van der Waals surface area contributed by atoms with Gasteiger partial charge < -0.3 is 45.5 Å². The highest BCUT2D eigenvalue weighted by molar-refractivity contribution is 6.36. The van der Waals surface area contributed by atoms with Crippen molar-refractivity contribution < 1.29 is 37.9 Å². The molecule has 0 spiro atoms. The number of phenols is 2. The molecule has 1 aliphatic carbocycles. The van der Waals surface area contributed by atoms with E-state index in [-0.39, 0.29) is 48.7 Å². The Labute approximate surface area is 221 Å². The fraction of sp³-hybridized carbons (Fsp3) is 0.385. The van der Waals surface area contributed by atoms with Gasteiger partial charge in [0.1, 0.15) is 0 Å². The number of hydroxylamine groups is 6. The number of carbonyl (C=O) groups excluding carboxylic acids is 2. The summed E-state index contributed by atoms with van der Waals surface area (Å²) in [5.41, 5.74) is -1.37. The molecule has 1 aromatic heterocycles. The minimum Gasteiger partial charge on any atom is -0.633 e. The van der Waals surface area contributed by atoms with Crippen LogP contribution in [0.1, 0.15) is 44.7 Å². The smallest absolute Gasteiger partial charge is 0.205 e. The summed E-state index contributed by atoms with van der Waals surface area (Å²) in [5.74, 6) is -8.45. The number of phenolic OH excluding ortho intramolecular Hbond substituents is 2. The van der Waals surface area contributed by atoms with E-state index >= 15 is 0 Å². The Morgan fingerprint density at radius 1 is 0.795 bits per heavy atom. The first kappa shape index (κ1) is 25.5. The number of benzene rings is 2. The number of H-pyrrole nitrogens is 1. The molecule has 0 amide bonds. The van der Waals surface area contributed by atoms with Crippen LogP contribution in [0.25, 0.3) is 10.9 Å². The normalized spacial score (nSPS) is 18.8. The van der Waals surface area contributed by atoms with Crippen molar-refractivity contribution in [3.05, 3.63) is 56.6 Å². The summed E-state index contributed by atoms with van der Waals surface area (Å²) in [6.45, 7) is 2.61. The van der Waals surface area contributed by atoms with Gasteiger partial charge >= 0.3 is 0 Å². The third-order valence-corrected chi connectivity index (χ3v) is 8.16. The Morgan fingerprint density at radius 2 is 1.26 bits per heavy atom. The van der Waals surface area contributed by atoms with Crippen LogP contribution in [0.15, 0.2) is 12.3 Å². The van der Waals surface area contributed by atoms with Crippen LogP contribution >= 0.6 is 0 Å². The number of aromatic amines is 1. The molecule has 2 saturated heterocycles. The molecule has 2 aromatic carbocycles. The van der Waals surface area contributed by atoms with Crippen LogP contribution in [-0.2, 0) is 0 Å². The Hall–Kier alpha value is -3.78. The maximum atomic E-state index is 14.4. The number of nitrogens with zero attached hydrogens (tertiary/aromatic N) is 2. The molecule has 0 atom stereocenters. The number of aromatic nitrogens is 1. The molecular formula is C26H27F2N5O6. The molecule has 6 rings (SSSR count). The van der Waals surface area contributed by atoms with Gasteiger partial charge in [-0.15, -0.1) is 0 Å². The quantitative estimate of drug-likeness (QED) is 0.0981. The number of hydrogen-bond acceptors (Lipinski definition) is 8. The third-order valence-electron chi connectivity index (χ3n) is 8.16. The van der Waals surface area contributed by atoms with Gasteiger partial charge in [0.25, 0.3) is 0 Å². The lowest BCUT2D eigenvalue weighted by Crippen LogP contribution is -2.55. The average molecular weight is 544 g/mol. The molecule has 206 valence electrons. The number of carbonyl (C=O) groups is 2. The van der Waals surface area contributed by atoms with Crippen LogP contribution in [0.5, 0.6) is 11.5 Å². The molecule has 3 aliphatic rings. The van der Waals surface area contributed by atoms with Gasteiger partial charge in [0.2, 0.25) is 23.2 Å². The summed E-state index contributed by atoms with van der Waals surface area (Å²) in [4.78, 5) is 30.7. The van der Waals surface area contributed by atoms with E-state index in [0.29, 0.717) is 37.1 Å². The van der Waals surface area contributed by atoms with Crippen LogP contribution in [0.3, 0.4) is 0 Å². The van der Waals surface area contributed by atoms with Gasteiger partial charge in [-0.25, -0.2) is 0 Å². The molecular weight excluding hydrogens is 516 g/mol. The highest BCUT2D eigenvalue weighted by atomic mass is 19.2. The van der Waals surface area contributed by atoms with Gasteiger partial charge in [-0.2, -0.15) is 8.78 Å². The van der Waals surface area contributed by atoms with Crippen LogP contribution < -0.4 is 10.6 Å². The molecule has 2 fully saturated rings. The Morgan fingerprint density at radius 3 is 1.72 bits per heavy atom. The number of likely N-dealkylation sites (tertiary alicyclic amines) is 2. The van der Waals surface area contributed by atoms with Crippen molar-refractivity contribution in [3.8, 4) is 11.5 Å². The highest BCUT2D eigenvalue weighted by Gasteiger charge is 2.42. The Kier molecular flexibility index (Phi) is 5.80. The molecule has 0 radical (unpaired) electrons. The minimum absolute atomic E-state index is 0.149. The topological polar surface area (TPSA) is 161 Å². The lowest BCUT2D eigenvalue weighted by molar-refractivity contribution is -0.916. The first-order chi connectivity index (χ1) is 18.6. The molecule has 0 bridgehead atoms. The van der Waals surface area contributed by atoms with E-state index in [1.165, 1.54) is 0 Å². The van der Waals surface area contributed by atoms with Crippen LogP contribution in [0.4, 0.5) is 20.2 Å². The van der Waals surface area contributed by atoms with Gasteiger partial charge in [-0.3, -0.25) is 9.59 Å². The van der Waals surface area contributed by atoms with Crippen molar-refractivity contribution in [2.45, 2.75) is 12.8 Å². The first-order valence-corrected chi connectivity index (χ1v) is 12.9. The second-order valence-corrected chi connectivity index (χ2v) is 10.5. The molecule has 5 N–H and O–H groups in total. The second kappa shape index (κ2) is 8.88. The Bertz CT molecular complexity index is 1440. The molecule has 11 nitrogen and oxygen atoms in total. The molecule has 3 heterocycles. The number of anilines is 2. The van der Waals surface area contributed by atoms with Gasteiger partial charge in [-0.1, -0.05) is 0 Å². The molecule has 2 aliphatic heterocycles. The first-order valence-electron chi connectivity index (χ1n) is 12.9. The van der Waals surface area contributed by atoms with Crippen molar-refractivity contribution in [1.29, 1.82) is 0 Å². The third kappa shape index (κ3) is 3.84. The zero-order valence-electron chi connectivity index (χ0n) is 20.9. The summed E-state index contributed by atoms with van der Waals surface area (Å²) in [6, 6.07) is 1.65. The molecule has 39 heavy (non-hydrogen) atoms. The van der Waals surface area contributed by atoms with Crippen LogP contribution in [0.2, 0.25) is 0 Å². The van der Waals surface area contributed by atoms with Crippen LogP contribution in [-0.4, -0.2) is 88.4 Å². The average Bonchev–Trinajstić information content (AvgIpc) is 3.36. The van der Waals surface area contributed by atoms with E-state index in [0.717, 1.165) is 12.8 Å². The zero-order chi connectivity index (χ0) is 27.7. The number of ketones is 2. The molecule has 3 aromatic rings. The van der Waals surface area contributed by atoms with Crippen molar-refractivity contribution in [1.82, 2.24) is 4.98 Å². The number of halogens is 2. The van der Waals surface area contributed by atoms with Crippen LogP contribution in [0, 0.1) is 22.0 Å². The lowest BCUT2D eigenvalue weighted by Gasteiger charge is -2.50. The summed E-state index contributed by atoms with van der Waals surface area (Å²) in [7, 11) is 0. The monoisotopic (exact) mass is 543 g/mol. The van der Waals surface area contributed by atoms with E-state index in [4.69, 9.17) is 0 Å². The standard InChI is InChI=1S/C26H27F2N5O6/c27-18-19(28)26(37)17-16(25(18)36)23(34)14-15(24(17)35)22(31-6-12-33(39)9-2-10-33)21-13(3-4-29-21)20(14)30-5-11-32(38)7-1-8-32/h3-4,29-31,36-37H,1-2,5-12H2. The van der Waals surface area contributed by atoms with Crippen molar-refractivity contribution in [2.24, 2.45) is 0 Å². The van der Waals surface area contributed by atoms with Crippen molar-refractivity contribution >= 4 is 33.8 Å². The summed E-state index contributed by atoms with van der Waals surface area (Å²) in [5, 5.41) is 52.5. The number of aromatic hydroxyl groups is 2. The fourth-order valence-electron chi connectivity index (χ4n) is 5.70. The SMILES string of the molecule is O=C1c2c(O)c(F)c(F)c(O)c2C(=O)c2c1c(NCC[N+]1([O-])CCC1)c1cc[nH]c1c2NCC[N+]1([O-])CCC1. The fourth-order valence-corrected chi connectivity index (χ4v) is 5.70. The summed E-state index contributed by atoms with van der Waals surface area (Å²) < 4.78 is 28.0. The predicted octanol–water partition coefficient (Wildman–Crippen LogP) is 2.89. The number of rotatable bonds is 8. The zero-order valence-corrected chi connectivity index (χ0v) is 20.9. The second-order valence-electron chi connectivity index (χ2n) is 10.5. The molecule has 13 heteroatoms. The van der Waals surface area contributed by atoms with E-state index in [9.17, 15) is 39.0 Å². The van der Waals surface area contributed by atoms with E-state index in [2.05, 4.69) is 15.6 Å². The van der Waals surface area contributed by atoms with Crippen molar-refractivity contribution in [3.63, 3.8) is 0 Å². The number of quaternary nitrogens is 2. The van der Waals surface area contributed by atoms with Gasteiger partial charge in [0, 0.05) is 24.4 Å². The number of nitrogens with one attached hydrogen (secondary N) is 3. The maximum Gasteiger partial charge on any atom is 0.205 e. The number of fused-ring (bicyclic) bond motifs is 3. The molecule has 0 saturated carbocycles. The highest BCUT2D eigenvalue weighted by Crippen LogP contribution is 2.47. The van der Waals surface area contributed by atoms with E-state index in [1.54, 1.807) is 12.3 Å². The minimum atomic E-state index is -1.85. The lowest BCUT2D eigenvalue weighted by atomic mass is 9.80. The van der Waals surface area contributed by atoms with E-state index in [1.807, 2.05) is 0 Å². The summed E-state index contributed by atoms with van der Waals surface area (Å²) in [6.07, 6.45) is 3.22. The van der Waals surface area contributed by atoms with Gasteiger partial charge in [0.05, 0.1) is 91.5 Å². The molecule has 0 unspecified atom stereocenters. The maximum absolute atomic E-state index is 14.4. The summed E-state index contributed by atoms with van der Waals surface area (Å²) >= 11 is 0. The van der Waals surface area contributed by atoms with Crippen molar-refractivity contribution in [2.75, 3.05) is 63.0 Å². The number of hydrogen-bond donors (Lipinski definition) is 5. The largest absolute Gasteiger partial charge is 0.633 e. The predicted molar refractivity (Wildman–Crippen MR) is 138 cm³/mol. The van der Waals surface area contributed by atoms with Gasteiger partial charge in [-0.05, 0) is 6.07 Å². The van der Waals surface area contributed by atoms with E-state index < -0.39 is 55.1 Å².